The van der Waals surface area contributed by atoms with Crippen LogP contribution in [0.1, 0.15) is 32.6 Å². The van der Waals surface area contributed by atoms with Crippen LogP contribution in [0.25, 0.3) is 0 Å². The van der Waals surface area contributed by atoms with Gasteiger partial charge in [0, 0.05) is 18.6 Å². The molecule has 2 amide bonds. The van der Waals surface area contributed by atoms with Crippen LogP contribution < -0.4 is 10.6 Å². The minimum atomic E-state index is -1.28. The Hall–Kier alpha value is -1.34. The predicted octanol–water partition coefficient (Wildman–Crippen LogP) is -0.254. The SMILES string of the molecule is C[C@@H](O)[C@H](NC(=O)NC1CCN2CCCCC12)C(=O)O. The van der Waals surface area contributed by atoms with Gasteiger partial charge in [-0.3, -0.25) is 4.90 Å². The molecule has 0 bridgehead atoms. The first-order valence-electron chi connectivity index (χ1n) is 7.21. The van der Waals surface area contributed by atoms with E-state index < -0.39 is 24.1 Å². The maximum absolute atomic E-state index is 11.9. The van der Waals surface area contributed by atoms with Crippen molar-refractivity contribution in [1.29, 1.82) is 0 Å². The van der Waals surface area contributed by atoms with E-state index in [1.807, 2.05) is 0 Å². The van der Waals surface area contributed by atoms with Crippen molar-refractivity contribution in [1.82, 2.24) is 15.5 Å². The lowest BCUT2D eigenvalue weighted by atomic mass is 9.99. The molecule has 0 aliphatic carbocycles. The molecule has 2 saturated heterocycles. The van der Waals surface area contributed by atoms with Crippen LogP contribution in [0.4, 0.5) is 4.79 Å². The van der Waals surface area contributed by atoms with Gasteiger partial charge in [0.1, 0.15) is 0 Å². The van der Waals surface area contributed by atoms with Crippen LogP contribution in [-0.4, -0.2) is 64.4 Å². The van der Waals surface area contributed by atoms with Crippen molar-refractivity contribution >= 4 is 12.0 Å². The first-order valence-corrected chi connectivity index (χ1v) is 7.21. The average molecular weight is 285 g/mol. The normalized spacial score (nSPS) is 29.3. The largest absolute Gasteiger partial charge is 0.480 e. The number of rotatable bonds is 4. The smallest absolute Gasteiger partial charge is 0.328 e. The van der Waals surface area contributed by atoms with Crippen molar-refractivity contribution in [2.75, 3.05) is 13.1 Å². The second-order valence-corrected chi connectivity index (χ2v) is 5.67. The van der Waals surface area contributed by atoms with Crippen LogP contribution in [0.2, 0.25) is 0 Å². The second-order valence-electron chi connectivity index (χ2n) is 5.67. The maximum Gasteiger partial charge on any atom is 0.328 e. The third-order valence-electron chi connectivity index (χ3n) is 4.21. The van der Waals surface area contributed by atoms with Crippen molar-refractivity contribution < 1.29 is 19.8 Å². The monoisotopic (exact) mass is 285 g/mol. The third-order valence-corrected chi connectivity index (χ3v) is 4.21. The Morgan fingerprint density at radius 3 is 2.65 bits per heavy atom. The lowest BCUT2D eigenvalue weighted by Gasteiger charge is -2.32. The summed E-state index contributed by atoms with van der Waals surface area (Å²) in [5.74, 6) is -1.24. The van der Waals surface area contributed by atoms with Gasteiger partial charge in [-0.1, -0.05) is 6.42 Å². The van der Waals surface area contributed by atoms with E-state index in [2.05, 4.69) is 15.5 Å². The first kappa shape index (κ1) is 15.1. The van der Waals surface area contributed by atoms with Gasteiger partial charge in [-0.2, -0.15) is 0 Å². The quantitative estimate of drug-likeness (QED) is 0.570. The lowest BCUT2D eigenvalue weighted by molar-refractivity contribution is -0.141. The summed E-state index contributed by atoms with van der Waals surface area (Å²) in [6.07, 6.45) is 3.21. The fraction of sp³-hybridized carbons (Fsp3) is 0.846. The van der Waals surface area contributed by atoms with Crippen molar-refractivity contribution in [2.45, 2.75) is 56.8 Å². The topological polar surface area (TPSA) is 102 Å². The molecule has 7 heteroatoms. The van der Waals surface area contributed by atoms with Crippen molar-refractivity contribution in [3.63, 3.8) is 0 Å². The summed E-state index contributed by atoms with van der Waals surface area (Å²) in [6.45, 7) is 3.40. The van der Waals surface area contributed by atoms with Gasteiger partial charge in [-0.25, -0.2) is 9.59 Å². The summed E-state index contributed by atoms with van der Waals surface area (Å²) < 4.78 is 0. The number of piperidine rings is 1. The molecular weight excluding hydrogens is 262 g/mol. The summed E-state index contributed by atoms with van der Waals surface area (Å²) in [5, 5.41) is 23.5. The van der Waals surface area contributed by atoms with Gasteiger partial charge < -0.3 is 20.8 Å². The van der Waals surface area contributed by atoms with Crippen LogP contribution in [0.15, 0.2) is 0 Å². The number of nitrogens with one attached hydrogen (secondary N) is 2. The summed E-state index contributed by atoms with van der Waals surface area (Å²) in [4.78, 5) is 25.2. The first-order chi connectivity index (χ1) is 9.49. The number of carbonyl (C=O) groups excluding carboxylic acids is 1. The molecule has 2 fully saturated rings. The van der Waals surface area contributed by atoms with E-state index in [1.165, 1.54) is 19.8 Å². The highest BCUT2D eigenvalue weighted by molar-refractivity contribution is 5.83. The molecule has 0 saturated carbocycles. The molecule has 2 unspecified atom stereocenters. The predicted molar refractivity (Wildman–Crippen MR) is 72.4 cm³/mol. The number of fused-ring (bicyclic) bond motifs is 1. The van der Waals surface area contributed by atoms with Gasteiger partial charge in [-0.05, 0) is 32.7 Å². The van der Waals surface area contributed by atoms with E-state index in [0.29, 0.717) is 6.04 Å². The molecule has 4 atom stereocenters. The number of carboxylic acids is 1. The maximum atomic E-state index is 11.9. The Kier molecular flexibility index (Phi) is 4.82. The number of aliphatic hydroxyl groups is 1. The number of aliphatic hydroxyl groups excluding tert-OH is 1. The van der Waals surface area contributed by atoms with E-state index in [1.54, 1.807) is 0 Å². The molecule has 0 aromatic rings. The Labute approximate surface area is 118 Å². The minimum absolute atomic E-state index is 0.0683. The standard InChI is InChI=1S/C13H23N3O4/c1-8(17)11(12(18)19)15-13(20)14-9-5-7-16-6-3-2-4-10(9)16/h8-11,17H,2-7H2,1H3,(H,18,19)(H2,14,15,20)/t8-,9?,10?,11+/m1/s1. The second kappa shape index (κ2) is 6.41. The molecule has 2 heterocycles. The van der Waals surface area contributed by atoms with Crippen LogP contribution >= 0.6 is 0 Å². The highest BCUT2D eigenvalue weighted by atomic mass is 16.4. The zero-order chi connectivity index (χ0) is 14.7. The Morgan fingerprint density at radius 2 is 2.00 bits per heavy atom. The Bertz CT molecular complexity index is 375. The lowest BCUT2D eigenvalue weighted by Crippen LogP contribution is -2.55. The molecule has 0 spiro atoms. The highest BCUT2D eigenvalue weighted by Crippen LogP contribution is 2.26. The van der Waals surface area contributed by atoms with Gasteiger partial charge >= 0.3 is 12.0 Å². The summed E-state index contributed by atoms with van der Waals surface area (Å²) in [5.41, 5.74) is 0. The van der Waals surface area contributed by atoms with Gasteiger partial charge in [0.05, 0.1) is 6.10 Å². The number of carbonyl (C=O) groups is 2. The van der Waals surface area contributed by atoms with Crippen LogP contribution in [-0.2, 0) is 4.79 Å². The van der Waals surface area contributed by atoms with Crippen LogP contribution in [0.5, 0.6) is 0 Å². The number of amides is 2. The number of carboxylic acid groups (broad SMARTS) is 1. The number of hydrogen-bond acceptors (Lipinski definition) is 4. The molecule has 2 aliphatic heterocycles. The van der Waals surface area contributed by atoms with Crippen LogP contribution in [0.3, 0.4) is 0 Å². The van der Waals surface area contributed by atoms with E-state index in [0.717, 1.165) is 25.9 Å². The van der Waals surface area contributed by atoms with E-state index >= 15 is 0 Å². The van der Waals surface area contributed by atoms with Crippen molar-refractivity contribution in [3.8, 4) is 0 Å². The molecule has 7 nitrogen and oxygen atoms in total. The number of hydrogen-bond donors (Lipinski definition) is 4. The average Bonchev–Trinajstić information content (AvgIpc) is 2.79. The van der Waals surface area contributed by atoms with Gasteiger partial charge in [0.15, 0.2) is 6.04 Å². The molecule has 0 radical (unpaired) electrons. The molecule has 4 N–H and O–H groups in total. The van der Waals surface area contributed by atoms with Crippen molar-refractivity contribution in [3.05, 3.63) is 0 Å². The summed E-state index contributed by atoms with van der Waals surface area (Å²) >= 11 is 0. The molecule has 0 aromatic carbocycles. The zero-order valence-corrected chi connectivity index (χ0v) is 11.7. The Balaban J connectivity index is 1.86. The molecular formula is C13H23N3O4. The van der Waals surface area contributed by atoms with E-state index in [4.69, 9.17) is 5.11 Å². The Morgan fingerprint density at radius 1 is 1.25 bits per heavy atom. The number of urea groups is 1. The number of nitrogens with zero attached hydrogens (tertiary/aromatic N) is 1. The van der Waals surface area contributed by atoms with Gasteiger partial charge in [0.2, 0.25) is 0 Å². The van der Waals surface area contributed by atoms with E-state index in [9.17, 15) is 14.7 Å². The minimum Gasteiger partial charge on any atom is -0.480 e. The molecule has 2 rings (SSSR count). The summed E-state index contributed by atoms with van der Waals surface area (Å²) in [6, 6.07) is -1.36. The van der Waals surface area contributed by atoms with E-state index in [-0.39, 0.29) is 6.04 Å². The highest BCUT2D eigenvalue weighted by Gasteiger charge is 2.36. The van der Waals surface area contributed by atoms with Gasteiger partial charge in [0.25, 0.3) is 0 Å². The van der Waals surface area contributed by atoms with Crippen LogP contribution in [0, 0.1) is 0 Å². The van der Waals surface area contributed by atoms with Gasteiger partial charge in [-0.15, -0.1) is 0 Å². The van der Waals surface area contributed by atoms with Crippen molar-refractivity contribution in [2.24, 2.45) is 0 Å². The summed E-state index contributed by atoms with van der Waals surface area (Å²) in [7, 11) is 0. The zero-order valence-electron chi connectivity index (χ0n) is 11.7. The molecule has 2 aliphatic rings. The third kappa shape index (κ3) is 3.40. The number of aliphatic carboxylic acids is 1. The molecule has 0 aromatic heterocycles. The molecule has 114 valence electrons. The molecule has 20 heavy (non-hydrogen) atoms. The fourth-order valence-electron chi connectivity index (χ4n) is 3.16. The fourth-order valence-corrected chi connectivity index (χ4v) is 3.16.